The zero-order valence-corrected chi connectivity index (χ0v) is 38.5. The number of hydrogen-bond acceptors (Lipinski definition) is 7. The van der Waals surface area contributed by atoms with Gasteiger partial charge in [0.2, 0.25) is 0 Å². The summed E-state index contributed by atoms with van der Waals surface area (Å²) >= 11 is 0. The number of allylic oxidation sites excluding steroid dienone is 4. The molecule has 0 bridgehead atoms. The van der Waals surface area contributed by atoms with Crippen molar-refractivity contribution in [3.05, 3.63) is 24.3 Å². The molecule has 0 spiro atoms. The first-order valence-corrected chi connectivity index (χ1v) is 24.0. The molecule has 2 atom stereocenters. The third-order valence-corrected chi connectivity index (χ3v) is 10.5. The van der Waals surface area contributed by atoms with E-state index in [2.05, 4.69) is 38.2 Å². The summed E-state index contributed by atoms with van der Waals surface area (Å²) in [6, 6.07) is 0. The van der Waals surface area contributed by atoms with Gasteiger partial charge in [-0.05, 0) is 44.9 Å². The molecule has 0 heterocycles. The first kappa shape index (κ1) is 55.8. The summed E-state index contributed by atoms with van der Waals surface area (Å²) in [5, 5.41) is 9.63. The number of quaternary nitrogens is 1. The van der Waals surface area contributed by atoms with Crippen LogP contribution in [-0.4, -0.2) is 87.4 Å². The second kappa shape index (κ2) is 41.5. The number of likely N-dealkylation sites (N-methyl/N-ethyl adjacent to an activating group) is 1. The molecular formula is C49H92NO8+. The highest BCUT2D eigenvalue weighted by atomic mass is 16.7. The second-order valence-electron chi connectivity index (χ2n) is 17.4. The van der Waals surface area contributed by atoms with Crippen molar-refractivity contribution in [2.24, 2.45) is 0 Å². The van der Waals surface area contributed by atoms with Crippen LogP contribution in [0.1, 0.15) is 213 Å². The molecule has 0 aliphatic carbocycles. The van der Waals surface area contributed by atoms with E-state index in [1.165, 1.54) is 141 Å². The van der Waals surface area contributed by atoms with Crippen molar-refractivity contribution < 1.29 is 42.9 Å². The third-order valence-electron chi connectivity index (χ3n) is 10.5. The lowest BCUT2D eigenvalue weighted by Crippen LogP contribution is -2.40. The van der Waals surface area contributed by atoms with Gasteiger partial charge in [-0.3, -0.25) is 9.59 Å². The lowest BCUT2D eigenvalue weighted by atomic mass is 10.0. The molecule has 0 radical (unpaired) electrons. The molecule has 0 aliphatic heterocycles. The number of rotatable bonds is 44. The van der Waals surface area contributed by atoms with Crippen molar-refractivity contribution in [3.8, 4) is 0 Å². The fourth-order valence-electron chi connectivity index (χ4n) is 6.69. The predicted octanol–water partition coefficient (Wildman–Crippen LogP) is 12.8. The van der Waals surface area contributed by atoms with Crippen LogP contribution < -0.4 is 0 Å². The molecule has 0 aromatic carbocycles. The monoisotopic (exact) mass is 823 g/mol. The third kappa shape index (κ3) is 41.9. The van der Waals surface area contributed by atoms with Crippen LogP contribution in [0.3, 0.4) is 0 Å². The van der Waals surface area contributed by atoms with Crippen LogP contribution in [-0.2, 0) is 33.3 Å². The average molecular weight is 823 g/mol. The first-order chi connectivity index (χ1) is 28.1. The molecule has 58 heavy (non-hydrogen) atoms. The number of unbranched alkanes of at least 4 members (excludes halogenated alkanes) is 25. The van der Waals surface area contributed by atoms with Crippen LogP contribution in [0, 0.1) is 0 Å². The molecule has 0 aromatic heterocycles. The fourth-order valence-corrected chi connectivity index (χ4v) is 6.69. The van der Waals surface area contributed by atoms with Gasteiger partial charge >= 0.3 is 17.9 Å². The number of carboxylic acid groups (broad SMARTS) is 1. The van der Waals surface area contributed by atoms with Crippen molar-refractivity contribution in [1.29, 1.82) is 0 Å². The van der Waals surface area contributed by atoms with E-state index in [4.69, 9.17) is 18.9 Å². The SMILES string of the molecule is CCCCCCC/C=C\C/C=C\CCCCCCCCCCCCCC(=O)OC(COC(=O)CCCCCCCCCCCC)COC(OCC[N+](C)(C)C)C(=O)O. The van der Waals surface area contributed by atoms with Gasteiger partial charge in [-0.1, -0.05) is 179 Å². The van der Waals surface area contributed by atoms with Crippen LogP contribution in [0.5, 0.6) is 0 Å². The number of ether oxygens (including phenoxy) is 4. The smallest absolute Gasteiger partial charge is 0.361 e. The molecule has 9 heteroatoms. The summed E-state index contributed by atoms with van der Waals surface area (Å²) in [7, 11) is 5.96. The highest BCUT2D eigenvalue weighted by molar-refractivity contribution is 5.71. The van der Waals surface area contributed by atoms with Gasteiger partial charge in [-0.15, -0.1) is 0 Å². The van der Waals surface area contributed by atoms with Crippen LogP contribution in [0.15, 0.2) is 24.3 Å². The van der Waals surface area contributed by atoms with E-state index < -0.39 is 24.3 Å². The van der Waals surface area contributed by atoms with E-state index in [1.54, 1.807) is 0 Å². The van der Waals surface area contributed by atoms with E-state index in [9.17, 15) is 19.5 Å². The predicted molar refractivity (Wildman–Crippen MR) is 240 cm³/mol. The Bertz CT molecular complexity index is 1010. The number of nitrogens with zero attached hydrogens (tertiary/aromatic N) is 1. The zero-order valence-electron chi connectivity index (χ0n) is 38.5. The van der Waals surface area contributed by atoms with Gasteiger partial charge in [0, 0.05) is 12.8 Å². The molecule has 340 valence electrons. The normalized spacial score (nSPS) is 13.1. The molecule has 2 unspecified atom stereocenters. The quantitative estimate of drug-likeness (QED) is 0.0213. The first-order valence-electron chi connectivity index (χ1n) is 24.0. The number of aliphatic carboxylic acids is 1. The molecule has 1 N–H and O–H groups in total. The second-order valence-corrected chi connectivity index (χ2v) is 17.4. The molecule has 0 fully saturated rings. The van der Waals surface area contributed by atoms with Gasteiger partial charge in [-0.25, -0.2) is 4.79 Å². The molecule has 0 aromatic rings. The summed E-state index contributed by atoms with van der Waals surface area (Å²) in [6.07, 6.45) is 42.4. The van der Waals surface area contributed by atoms with Gasteiger partial charge in [0.05, 0.1) is 34.4 Å². The Morgan fingerprint density at radius 3 is 1.36 bits per heavy atom. The number of hydrogen-bond donors (Lipinski definition) is 1. The maximum atomic E-state index is 12.8. The van der Waals surface area contributed by atoms with E-state index >= 15 is 0 Å². The molecule has 0 saturated heterocycles. The van der Waals surface area contributed by atoms with E-state index in [0.29, 0.717) is 17.4 Å². The van der Waals surface area contributed by atoms with E-state index in [-0.39, 0.29) is 32.2 Å². The minimum atomic E-state index is -1.50. The Hall–Kier alpha value is -2.23. The van der Waals surface area contributed by atoms with Gasteiger partial charge in [0.15, 0.2) is 6.10 Å². The Kier molecular flexibility index (Phi) is 39.9. The maximum Gasteiger partial charge on any atom is 0.361 e. The average Bonchev–Trinajstić information content (AvgIpc) is 3.18. The Morgan fingerprint density at radius 1 is 0.517 bits per heavy atom. The van der Waals surface area contributed by atoms with Crippen molar-refractivity contribution in [3.63, 3.8) is 0 Å². The summed E-state index contributed by atoms with van der Waals surface area (Å²) in [6.45, 7) is 4.86. The summed E-state index contributed by atoms with van der Waals surface area (Å²) in [4.78, 5) is 37.1. The van der Waals surface area contributed by atoms with Crippen molar-refractivity contribution in [1.82, 2.24) is 0 Å². The number of esters is 2. The summed E-state index contributed by atoms with van der Waals surface area (Å²) in [5.41, 5.74) is 0. The Labute approximate surface area is 357 Å². The van der Waals surface area contributed by atoms with Crippen molar-refractivity contribution in [2.45, 2.75) is 225 Å². The lowest BCUT2D eigenvalue weighted by molar-refractivity contribution is -0.870. The number of carboxylic acids is 1. The highest BCUT2D eigenvalue weighted by Crippen LogP contribution is 2.15. The van der Waals surface area contributed by atoms with Crippen LogP contribution in [0.25, 0.3) is 0 Å². The van der Waals surface area contributed by atoms with Gasteiger partial charge in [0.1, 0.15) is 13.2 Å². The topological polar surface area (TPSA) is 108 Å². The van der Waals surface area contributed by atoms with Gasteiger partial charge in [-0.2, -0.15) is 0 Å². The number of carbonyl (C=O) groups excluding carboxylic acids is 2. The van der Waals surface area contributed by atoms with Crippen LogP contribution >= 0.6 is 0 Å². The molecule has 0 aliphatic rings. The number of carbonyl (C=O) groups is 3. The van der Waals surface area contributed by atoms with Crippen LogP contribution in [0.4, 0.5) is 0 Å². The molecule has 0 rings (SSSR count). The largest absolute Gasteiger partial charge is 0.477 e. The van der Waals surface area contributed by atoms with E-state index in [0.717, 1.165) is 44.9 Å². The Morgan fingerprint density at radius 2 is 0.931 bits per heavy atom. The molecule has 0 amide bonds. The van der Waals surface area contributed by atoms with E-state index in [1.807, 2.05) is 21.1 Å². The summed E-state index contributed by atoms with van der Waals surface area (Å²) < 4.78 is 22.7. The fraction of sp³-hybridized carbons (Fsp3) is 0.857. The standard InChI is InChI=1S/C49H91NO8/c1-6-8-10-12-14-16-18-19-20-21-22-23-24-25-26-27-28-29-30-32-34-36-38-40-47(52)58-45(44-57-49(48(53)54)55-42-41-50(3,4)5)43-56-46(51)39-37-35-33-31-17-15-13-11-9-7-2/h18-19,21-22,45,49H,6-17,20,23-44H2,1-5H3/p+1/b19-18-,22-21-. The summed E-state index contributed by atoms with van der Waals surface area (Å²) in [5.74, 6) is -2.00. The van der Waals surface area contributed by atoms with Crippen molar-refractivity contribution >= 4 is 17.9 Å². The van der Waals surface area contributed by atoms with Gasteiger partial charge < -0.3 is 28.5 Å². The van der Waals surface area contributed by atoms with Crippen molar-refractivity contribution in [2.75, 3.05) is 47.5 Å². The molecule has 0 saturated carbocycles. The minimum Gasteiger partial charge on any atom is -0.477 e. The highest BCUT2D eigenvalue weighted by Gasteiger charge is 2.25. The minimum absolute atomic E-state index is 0.179. The molecule has 9 nitrogen and oxygen atoms in total. The Balaban J connectivity index is 4.28. The molecular weight excluding hydrogens is 731 g/mol. The maximum absolute atomic E-state index is 12.8. The lowest BCUT2D eigenvalue weighted by Gasteiger charge is -2.25. The zero-order chi connectivity index (χ0) is 42.8. The van der Waals surface area contributed by atoms with Gasteiger partial charge in [0.25, 0.3) is 6.29 Å². The van der Waals surface area contributed by atoms with Crippen LogP contribution in [0.2, 0.25) is 0 Å².